The lowest BCUT2D eigenvalue weighted by Crippen LogP contribution is -2.55. The summed E-state index contributed by atoms with van der Waals surface area (Å²) in [5.41, 5.74) is 3.04. The number of nitrogens with one attached hydrogen (secondary N) is 1. The van der Waals surface area contributed by atoms with Crippen LogP contribution in [0.3, 0.4) is 0 Å². The monoisotopic (exact) mass is 287 g/mol. The first-order chi connectivity index (χ1) is 9.96. The number of nitrogens with zero attached hydrogens (tertiary/aromatic N) is 2. The van der Waals surface area contributed by atoms with Crippen molar-refractivity contribution in [1.82, 2.24) is 5.32 Å². The lowest BCUT2D eigenvalue weighted by atomic mass is 9.77. The van der Waals surface area contributed by atoms with Crippen LogP contribution < -0.4 is 15.1 Å². The standard InChI is InChI=1S/C18H29N3/c1-18(2,3)19-13-14-9-10-15(14)21-12-11-20(4)16-7-5-6-8-17(16)21/h5-8,14-15,19H,9-13H2,1-4H3. The zero-order chi connectivity index (χ0) is 15.0. The maximum Gasteiger partial charge on any atom is 0.0607 e. The second-order valence-electron chi connectivity index (χ2n) is 7.64. The fourth-order valence-corrected chi connectivity index (χ4v) is 3.51. The van der Waals surface area contributed by atoms with Crippen molar-refractivity contribution in [3.63, 3.8) is 0 Å². The average molecular weight is 287 g/mol. The highest BCUT2D eigenvalue weighted by Gasteiger charge is 2.38. The molecule has 1 fully saturated rings. The number of rotatable bonds is 3. The van der Waals surface area contributed by atoms with E-state index >= 15 is 0 Å². The molecule has 1 aromatic rings. The molecule has 2 atom stereocenters. The maximum atomic E-state index is 3.69. The molecular formula is C18H29N3. The molecule has 3 rings (SSSR count). The van der Waals surface area contributed by atoms with E-state index in [9.17, 15) is 0 Å². The predicted molar refractivity (Wildman–Crippen MR) is 91.3 cm³/mol. The third kappa shape index (κ3) is 3.03. The van der Waals surface area contributed by atoms with Crippen LogP contribution in [-0.2, 0) is 0 Å². The number of hydrogen-bond acceptors (Lipinski definition) is 3. The minimum Gasteiger partial charge on any atom is -0.371 e. The van der Waals surface area contributed by atoms with Gasteiger partial charge in [0, 0.05) is 38.3 Å². The summed E-state index contributed by atoms with van der Waals surface area (Å²) in [6.07, 6.45) is 2.71. The Hall–Kier alpha value is -1.22. The SMILES string of the molecule is CN1CCN(C2CCC2CNC(C)(C)C)c2ccccc21. The van der Waals surface area contributed by atoms with E-state index in [0.717, 1.165) is 31.6 Å². The van der Waals surface area contributed by atoms with Crippen molar-refractivity contribution in [2.75, 3.05) is 36.5 Å². The first kappa shape index (κ1) is 14.7. The van der Waals surface area contributed by atoms with Crippen LogP contribution in [-0.4, -0.2) is 38.3 Å². The predicted octanol–water partition coefficient (Wildman–Crippen LogP) is 3.11. The van der Waals surface area contributed by atoms with Crippen molar-refractivity contribution in [2.24, 2.45) is 5.92 Å². The van der Waals surface area contributed by atoms with Crippen LogP contribution in [0.15, 0.2) is 24.3 Å². The summed E-state index contributed by atoms with van der Waals surface area (Å²) in [4.78, 5) is 5.04. The van der Waals surface area contributed by atoms with Crippen molar-refractivity contribution in [3.05, 3.63) is 24.3 Å². The zero-order valence-electron chi connectivity index (χ0n) is 13.9. The third-order valence-corrected chi connectivity index (χ3v) is 4.95. The molecule has 1 N–H and O–H groups in total. The van der Waals surface area contributed by atoms with Crippen molar-refractivity contribution < 1.29 is 0 Å². The molecular weight excluding hydrogens is 258 g/mol. The van der Waals surface area contributed by atoms with E-state index in [0.29, 0.717) is 0 Å². The molecule has 3 heteroatoms. The van der Waals surface area contributed by atoms with Gasteiger partial charge in [0.1, 0.15) is 0 Å². The van der Waals surface area contributed by atoms with Crippen LogP contribution in [0.25, 0.3) is 0 Å². The number of para-hydroxylation sites is 2. The lowest BCUT2D eigenvalue weighted by molar-refractivity contribution is 0.216. The third-order valence-electron chi connectivity index (χ3n) is 4.95. The van der Waals surface area contributed by atoms with Gasteiger partial charge in [-0.1, -0.05) is 12.1 Å². The minimum atomic E-state index is 0.222. The van der Waals surface area contributed by atoms with Crippen molar-refractivity contribution in [3.8, 4) is 0 Å². The summed E-state index contributed by atoms with van der Waals surface area (Å²) in [5, 5.41) is 3.69. The molecule has 3 nitrogen and oxygen atoms in total. The number of hydrogen-bond donors (Lipinski definition) is 1. The average Bonchev–Trinajstić information content (AvgIpc) is 2.40. The fourth-order valence-electron chi connectivity index (χ4n) is 3.51. The van der Waals surface area contributed by atoms with Crippen LogP contribution in [0, 0.1) is 5.92 Å². The van der Waals surface area contributed by atoms with Gasteiger partial charge in [0.05, 0.1) is 11.4 Å². The summed E-state index contributed by atoms with van der Waals surface area (Å²) in [6.45, 7) is 10.2. The van der Waals surface area contributed by atoms with E-state index in [4.69, 9.17) is 0 Å². The van der Waals surface area contributed by atoms with Gasteiger partial charge in [-0.05, 0) is 51.7 Å². The van der Waals surface area contributed by atoms with Crippen LogP contribution in [0.5, 0.6) is 0 Å². The number of likely N-dealkylation sites (N-methyl/N-ethyl adjacent to an activating group) is 1. The molecule has 1 saturated carbocycles. The summed E-state index contributed by atoms with van der Waals surface area (Å²) < 4.78 is 0. The van der Waals surface area contributed by atoms with Gasteiger partial charge in [0.25, 0.3) is 0 Å². The summed E-state index contributed by atoms with van der Waals surface area (Å²) in [5.74, 6) is 0.792. The molecule has 2 aliphatic rings. The zero-order valence-corrected chi connectivity index (χ0v) is 13.9. The van der Waals surface area contributed by atoms with Gasteiger partial charge in [-0.25, -0.2) is 0 Å². The largest absolute Gasteiger partial charge is 0.371 e. The molecule has 0 amide bonds. The second kappa shape index (κ2) is 5.53. The highest BCUT2D eigenvalue weighted by atomic mass is 15.3. The van der Waals surface area contributed by atoms with Crippen molar-refractivity contribution in [2.45, 2.75) is 45.2 Å². The summed E-state index contributed by atoms with van der Waals surface area (Å²) >= 11 is 0. The normalized spacial score (nSPS) is 25.5. The molecule has 0 spiro atoms. The topological polar surface area (TPSA) is 18.5 Å². The lowest BCUT2D eigenvalue weighted by Gasteiger charge is -2.49. The van der Waals surface area contributed by atoms with Gasteiger partial charge in [0.15, 0.2) is 0 Å². The van der Waals surface area contributed by atoms with E-state index in [1.165, 1.54) is 24.2 Å². The van der Waals surface area contributed by atoms with Gasteiger partial charge < -0.3 is 15.1 Å². The van der Waals surface area contributed by atoms with Gasteiger partial charge in [-0.15, -0.1) is 0 Å². The van der Waals surface area contributed by atoms with E-state index in [1.807, 2.05) is 0 Å². The Morgan fingerprint density at radius 3 is 2.43 bits per heavy atom. The Morgan fingerprint density at radius 2 is 1.81 bits per heavy atom. The molecule has 21 heavy (non-hydrogen) atoms. The van der Waals surface area contributed by atoms with Crippen LogP contribution >= 0.6 is 0 Å². The van der Waals surface area contributed by atoms with E-state index in [1.54, 1.807) is 0 Å². The van der Waals surface area contributed by atoms with Crippen LogP contribution in [0.4, 0.5) is 11.4 Å². The molecule has 0 saturated heterocycles. The first-order valence-corrected chi connectivity index (χ1v) is 8.27. The highest BCUT2D eigenvalue weighted by molar-refractivity contribution is 5.73. The molecule has 116 valence electrons. The first-order valence-electron chi connectivity index (χ1n) is 8.27. The van der Waals surface area contributed by atoms with E-state index in [-0.39, 0.29) is 5.54 Å². The van der Waals surface area contributed by atoms with E-state index < -0.39 is 0 Å². The molecule has 1 aliphatic carbocycles. The Balaban J connectivity index is 1.72. The van der Waals surface area contributed by atoms with Gasteiger partial charge >= 0.3 is 0 Å². The molecule has 0 radical (unpaired) electrons. The number of benzene rings is 1. The van der Waals surface area contributed by atoms with Crippen LogP contribution in [0.2, 0.25) is 0 Å². The second-order valence-corrected chi connectivity index (χ2v) is 7.64. The summed E-state index contributed by atoms with van der Waals surface area (Å²) in [6, 6.07) is 9.58. The van der Waals surface area contributed by atoms with Crippen molar-refractivity contribution in [1.29, 1.82) is 0 Å². The minimum absolute atomic E-state index is 0.222. The molecule has 1 aromatic carbocycles. The Kier molecular flexibility index (Phi) is 3.87. The molecule has 2 unspecified atom stereocenters. The Bertz CT molecular complexity index is 491. The summed E-state index contributed by atoms with van der Waals surface area (Å²) in [7, 11) is 2.20. The number of fused-ring (bicyclic) bond motifs is 1. The van der Waals surface area contributed by atoms with E-state index in [2.05, 4.69) is 67.2 Å². The maximum absolute atomic E-state index is 3.69. The van der Waals surface area contributed by atoms with Gasteiger partial charge in [-0.2, -0.15) is 0 Å². The van der Waals surface area contributed by atoms with Gasteiger partial charge in [0.2, 0.25) is 0 Å². The Morgan fingerprint density at radius 1 is 1.10 bits per heavy atom. The van der Waals surface area contributed by atoms with Gasteiger partial charge in [-0.3, -0.25) is 0 Å². The van der Waals surface area contributed by atoms with Crippen molar-refractivity contribution >= 4 is 11.4 Å². The fraction of sp³-hybridized carbons (Fsp3) is 0.667. The highest BCUT2D eigenvalue weighted by Crippen LogP contribution is 2.40. The molecule has 0 bridgehead atoms. The molecule has 1 aliphatic heterocycles. The Labute approximate surface area is 129 Å². The molecule has 0 aromatic heterocycles. The number of anilines is 2. The van der Waals surface area contributed by atoms with Crippen LogP contribution in [0.1, 0.15) is 33.6 Å². The smallest absolute Gasteiger partial charge is 0.0607 e. The molecule has 1 heterocycles. The quantitative estimate of drug-likeness (QED) is 0.921.